The minimum absolute atomic E-state index is 0.653. The van der Waals surface area contributed by atoms with Crippen molar-refractivity contribution in [3.63, 3.8) is 0 Å². The number of hydrogen-bond donors (Lipinski definition) is 1. The van der Waals surface area contributed by atoms with Crippen molar-refractivity contribution in [1.29, 1.82) is 0 Å². The van der Waals surface area contributed by atoms with Crippen molar-refractivity contribution in [3.05, 3.63) is 11.9 Å². The lowest BCUT2D eigenvalue weighted by Crippen LogP contribution is -2.11. The van der Waals surface area contributed by atoms with E-state index < -0.39 is 0 Å². The molecule has 1 rings (SSSR count). The molecule has 0 aliphatic carbocycles. The summed E-state index contributed by atoms with van der Waals surface area (Å²) in [6, 6.07) is 0. The number of hydrogen-bond acceptors (Lipinski definition) is 3. The molecule has 1 heterocycles. The molecule has 17 heavy (non-hydrogen) atoms. The molecule has 1 N–H and O–H groups in total. The zero-order chi connectivity index (χ0) is 12.7. The van der Waals surface area contributed by atoms with Crippen LogP contribution in [0.1, 0.15) is 32.4 Å². The van der Waals surface area contributed by atoms with Gasteiger partial charge in [-0.15, -0.1) is 0 Å². The lowest BCUT2D eigenvalue weighted by Gasteiger charge is -2.11. The third kappa shape index (κ3) is 5.48. The molecule has 0 saturated heterocycles. The molecule has 1 aromatic heterocycles. The molecular formula is C13H25N3S. The number of aromatic nitrogens is 2. The largest absolute Gasteiger partial charge is 0.356 e. The molecule has 98 valence electrons. The topological polar surface area (TPSA) is 29.9 Å². The summed E-state index contributed by atoms with van der Waals surface area (Å²) >= 11 is 1.91. The van der Waals surface area contributed by atoms with Gasteiger partial charge in [0, 0.05) is 19.3 Å². The second kappa shape index (κ2) is 7.64. The number of thioether (sulfide) groups is 1. The third-order valence-electron chi connectivity index (χ3n) is 2.52. The van der Waals surface area contributed by atoms with Gasteiger partial charge in [-0.2, -0.15) is 11.8 Å². The van der Waals surface area contributed by atoms with Gasteiger partial charge in [-0.25, -0.2) is 4.98 Å². The van der Waals surface area contributed by atoms with Gasteiger partial charge in [0.05, 0.1) is 5.69 Å². The maximum absolute atomic E-state index is 4.53. The minimum atomic E-state index is 0.653. The Morgan fingerprint density at radius 2 is 2.18 bits per heavy atom. The lowest BCUT2D eigenvalue weighted by molar-refractivity contribution is 0.526. The summed E-state index contributed by atoms with van der Waals surface area (Å²) in [5.41, 5.74) is 1.09. The maximum atomic E-state index is 4.53. The zero-order valence-electron chi connectivity index (χ0n) is 11.5. The first-order valence-electron chi connectivity index (χ1n) is 6.40. The van der Waals surface area contributed by atoms with Crippen molar-refractivity contribution >= 4 is 17.7 Å². The number of rotatable bonds is 8. The highest BCUT2D eigenvalue weighted by Crippen LogP contribution is 2.11. The van der Waals surface area contributed by atoms with E-state index in [2.05, 4.69) is 48.1 Å². The van der Waals surface area contributed by atoms with E-state index in [1.54, 1.807) is 0 Å². The van der Waals surface area contributed by atoms with Gasteiger partial charge in [-0.1, -0.05) is 13.8 Å². The summed E-state index contributed by atoms with van der Waals surface area (Å²) in [5, 5.41) is 3.44. The Morgan fingerprint density at radius 1 is 1.41 bits per heavy atom. The van der Waals surface area contributed by atoms with E-state index >= 15 is 0 Å². The van der Waals surface area contributed by atoms with Gasteiger partial charge >= 0.3 is 0 Å². The number of nitrogens with one attached hydrogen (secondary N) is 1. The Hall–Kier alpha value is -0.640. The predicted molar refractivity (Wildman–Crippen MR) is 77.9 cm³/mol. The van der Waals surface area contributed by atoms with Crippen LogP contribution in [0, 0.1) is 12.8 Å². The zero-order valence-corrected chi connectivity index (χ0v) is 12.3. The first kappa shape index (κ1) is 14.4. The Kier molecular flexibility index (Phi) is 6.48. The molecule has 0 saturated carbocycles. The Morgan fingerprint density at radius 3 is 2.82 bits per heavy atom. The normalized spacial score (nSPS) is 11.1. The van der Waals surface area contributed by atoms with Crippen LogP contribution in [0.25, 0.3) is 0 Å². The van der Waals surface area contributed by atoms with Crippen LogP contribution in [0.2, 0.25) is 0 Å². The fourth-order valence-corrected chi connectivity index (χ4v) is 2.28. The maximum Gasteiger partial charge on any atom is 0.203 e. The van der Waals surface area contributed by atoms with Gasteiger partial charge in [-0.05, 0) is 37.7 Å². The monoisotopic (exact) mass is 255 g/mol. The third-order valence-corrected chi connectivity index (χ3v) is 3.21. The van der Waals surface area contributed by atoms with Crippen molar-refractivity contribution < 1.29 is 0 Å². The van der Waals surface area contributed by atoms with Crippen LogP contribution in [0.15, 0.2) is 6.20 Å². The van der Waals surface area contributed by atoms with E-state index in [1.165, 1.54) is 18.6 Å². The molecule has 0 bridgehead atoms. The highest BCUT2D eigenvalue weighted by atomic mass is 32.2. The van der Waals surface area contributed by atoms with Crippen LogP contribution in [-0.2, 0) is 6.54 Å². The van der Waals surface area contributed by atoms with E-state index in [0.29, 0.717) is 5.92 Å². The predicted octanol–water partition coefficient (Wildman–Crippen LogP) is 3.40. The van der Waals surface area contributed by atoms with E-state index in [9.17, 15) is 0 Å². The van der Waals surface area contributed by atoms with E-state index in [0.717, 1.165) is 24.7 Å². The van der Waals surface area contributed by atoms with Crippen molar-refractivity contribution in [1.82, 2.24) is 9.55 Å². The number of anilines is 1. The first-order valence-corrected chi connectivity index (χ1v) is 7.79. The fraction of sp³-hybridized carbons (Fsp3) is 0.769. The smallest absolute Gasteiger partial charge is 0.203 e. The number of imidazole rings is 1. The van der Waals surface area contributed by atoms with Crippen molar-refractivity contribution in [2.75, 3.05) is 23.9 Å². The van der Waals surface area contributed by atoms with Crippen LogP contribution in [0.3, 0.4) is 0 Å². The van der Waals surface area contributed by atoms with Gasteiger partial charge in [0.2, 0.25) is 5.95 Å². The van der Waals surface area contributed by atoms with Gasteiger partial charge in [0.1, 0.15) is 0 Å². The molecule has 0 aliphatic heterocycles. The molecule has 0 aromatic carbocycles. The molecule has 0 spiro atoms. The summed E-state index contributed by atoms with van der Waals surface area (Å²) in [4.78, 5) is 4.53. The Labute approximate surface area is 109 Å². The quantitative estimate of drug-likeness (QED) is 0.722. The molecule has 0 unspecified atom stereocenters. The average Bonchev–Trinajstić information content (AvgIpc) is 2.58. The van der Waals surface area contributed by atoms with Gasteiger partial charge in [0.25, 0.3) is 0 Å². The number of unbranched alkanes of at least 4 members (excludes halogenated alkanes) is 1. The second-order valence-electron chi connectivity index (χ2n) is 4.88. The van der Waals surface area contributed by atoms with Crippen molar-refractivity contribution in [2.45, 2.75) is 40.2 Å². The lowest BCUT2D eigenvalue weighted by atomic mass is 10.2. The summed E-state index contributed by atoms with van der Waals surface area (Å²) < 4.78 is 2.23. The Balaban J connectivity index is 2.40. The summed E-state index contributed by atoms with van der Waals surface area (Å²) in [6.45, 7) is 8.58. The molecule has 0 radical (unpaired) electrons. The molecule has 0 atom stereocenters. The van der Waals surface area contributed by atoms with Gasteiger partial charge in [0.15, 0.2) is 0 Å². The van der Waals surface area contributed by atoms with Gasteiger partial charge < -0.3 is 9.88 Å². The van der Waals surface area contributed by atoms with E-state index in [-0.39, 0.29) is 0 Å². The summed E-state index contributed by atoms with van der Waals surface area (Å²) in [6.07, 6.45) is 6.78. The van der Waals surface area contributed by atoms with E-state index in [1.807, 2.05) is 11.8 Å². The van der Waals surface area contributed by atoms with Gasteiger partial charge in [-0.3, -0.25) is 0 Å². The molecule has 0 fully saturated rings. The highest BCUT2D eigenvalue weighted by molar-refractivity contribution is 7.98. The molecule has 3 nitrogen and oxygen atoms in total. The Bertz CT molecular complexity index is 320. The average molecular weight is 255 g/mol. The highest BCUT2D eigenvalue weighted by Gasteiger charge is 2.06. The van der Waals surface area contributed by atoms with Crippen molar-refractivity contribution in [2.24, 2.45) is 5.92 Å². The standard InChI is InChI=1S/C13H25N3S/c1-11(2)9-16-10-12(3)15-13(16)14-7-5-6-8-17-4/h10-11H,5-9H2,1-4H3,(H,14,15). The SMILES string of the molecule is CSCCCCNc1nc(C)cn1CC(C)C. The van der Waals surface area contributed by atoms with Crippen LogP contribution < -0.4 is 5.32 Å². The second-order valence-corrected chi connectivity index (χ2v) is 5.86. The fourth-order valence-electron chi connectivity index (χ4n) is 1.79. The van der Waals surface area contributed by atoms with Crippen molar-refractivity contribution in [3.8, 4) is 0 Å². The first-order chi connectivity index (χ1) is 8.13. The van der Waals surface area contributed by atoms with Crippen LogP contribution in [0.4, 0.5) is 5.95 Å². The van der Waals surface area contributed by atoms with E-state index in [4.69, 9.17) is 0 Å². The summed E-state index contributed by atoms with van der Waals surface area (Å²) in [5.74, 6) is 2.93. The molecule has 1 aromatic rings. The molecule has 4 heteroatoms. The van der Waals surface area contributed by atoms with Crippen LogP contribution in [0.5, 0.6) is 0 Å². The minimum Gasteiger partial charge on any atom is -0.356 e. The van der Waals surface area contributed by atoms with Crippen LogP contribution >= 0.6 is 11.8 Å². The molecular weight excluding hydrogens is 230 g/mol. The summed E-state index contributed by atoms with van der Waals surface area (Å²) in [7, 11) is 0. The molecule has 0 aliphatic rings. The number of nitrogens with zero attached hydrogens (tertiary/aromatic N) is 2. The van der Waals surface area contributed by atoms with Crippen LogP contribution in [-0.4, -0.2) is 28.1 Å². The number of aryl methyl sites for hydroxylation is 1. The molecule has 0 amide bonds.